The van der Waals surface area contributed by atoms with E-state index in [2.05, 4.69) is 30.4 Å². The highest BCUT2D eigenvalue weighted by atomic mass is 32.2. The Morgan fingerprint density at radius 1 is 0.979 bits per heavy atom. The van der Waals surface area contributed by atoms with E-state index in [1.165, 1.54) is 6.42 Å². The summed E-state index contributed by atoms with van der Waals surface area (Å²) in [5.41, 5.74) is 9.74. The fourth-order valence-corrected chi connectivity index (χ4v) is 10.1. The Kier molecular flexibility index (Phi) is 13.4. The van der Waals surface area contributed by atoms with Gasteiger partial charge in [0.2, 0.25) is 15.9 Å². The van der Waals surface area contributed by atoms with Crippen LogP contribution in [0.15, 0.2) is 66.7 Å². The Bertz CT molecular complexity index is 1590. The van der Waals surface area contributed by atoms with Crippen LogP contribution in [0.2, 0.25) is 18.1 Å². The van der Waals surface area contributed by atoms with Crippen molar-refractivity contribution in [2.45, 2.75) is 96.2 Å². The van der Waals surface area contributed by atoms with Crippen LogP contribution in [0.3, 0.4) is 0 Å². The van der Waals surface area contributed by atoms with Gasteiger partial charge in [0.15, 0.2) is 8.32 Å². The summed E-state index contributed by atoms with van der Waals surface area (Å²) in [6.07, 6.45) is 6.37. The number of benzene rings is 3. The molecule has 3 aromatic rings. The standard InChI is InChI=1S/C37H53N3O6SSi/c1-6-48(7-2,8-3)46-36(29-19-22-35(33(24-29)39-47(5,42)43)45-27-28-15-11-9-12-16-28)26-40(31-17-13-10-14-18-31)34-21-20-32(44-4)23-30(34)25-37(38)41/h9,11-12,15-16,19-24,31,36,39H,6-8,10,13-14,17-18,25-27H2,1-5H3,(H2,38,41). The molecule has 1 amide bonds. The van der Waals surface area contributed by atoms with E-state index in [0.717, 1.165) is 72.4 Å². The van der Waals surface area contributed by atoms with E-state index in [1.807, 2.05) is 66.7 Å². The minimum Gasteiger partial charge on any atom is -0.497 e. The summed E-state index contributed by atoms with van der Waals surface area (Å²) in [5, 5.41) is 0. The number of primary amides is 1. The summed E-state index contributed by atoms with van der Waals surface area (Å²) in [4.78, 5) is 14.7. The largest absolute Gasteiger partial charge is 0.497 e. The summed E-state index contributed by atoms with van der Waals surface area (Å²) < 4.78 is 46.8. The van der Waals surface area contributed by atoms with Gasteiger partial charge in [0, 0.05) is 18.3 Å². The molecular formula is C37H53N3O6SSi. The molecule has 262 valence electrons. The zero-order chi connectivity index (χ0) is 34.7. The van der Waals surface area contributed by atoms with Gasteiger partial charge in [-0.05, 0) is 78.0 Å². The van der Waals surface area contributed by atoms with E-state index in [4.69, 9.17) is 19.6 Å². The van der Waals surface area contributed by atoms with Gasteiger partial charge in [-0.15, -0.1) is 0 Å². The van der Waals surface area contributed by atoms with Gasteiger partial charge in [-0.1, -0.05) is 76.4 Å². The number of hydrogen-bond donors (Lipinski definition) is 2. The third-order valence-corrected chi connectivity index (χ3v) is 14.8. The number of nitrogens with zero attached hydrogens (tertiary/aromatic N) is 1. The third-order valence-electron chi connectivity index (χ3n) is 9.57. The van der Waals surface area contributed by atoms with Gasteiger partial charge in [-0.2, -0.15) is 0 Å². The number of nitrogens with one attached hydrogen (secondary N) is 1. The normalized spacial score (nSPS) is 14.7. The van der Waals surface area contributed by atoms with Gasteiger partial charge in [0.05, 0.1) is 31.6 Å². The van der Waals surface area contributed by atoms with Crippen LogP contribution in [-0.4, -0.2) is 48.6 Å². The molecule has 1 saturated carbocycles. The molecule has 0 heterocycles. The molecule has 1 atom stereocenters. The third kappa shape index (κ3) is 10.2. The molecule has 3 aromatic carbocycles. The van der Waals surface area contributed by atoms with Gasteiger partial charge < -0.3 is 24.5 Å². The van der Waals surface area contributed by atoms with Crippen molar-refractivity contribution in [3.8, 4) is 11.5 Å². The summed E-state index contributed by atoms with van der Waals surface area (Å²) in [6.45, 7) is 7.45. The lowest BCUT2D eigenvalue weighted by Gasteiger charge is -2.42. The average Bonchev–Trinajstić information content (AvgIpc) is 3.08. The first-order valence-corrected chi connectivity index (χ1v) is 21.6. The number of amides is 1. The topological polar surface area (TPSA) is 120 Å². The lowest BCUT2D eigenvalue weighted by molar-refractivity contribution is -0.117. The summed E-state index contributed by atoms with van der Waals surface area (Å²) in [7, 11) is -4.16. The number of anilines is 2. The van der Waals surface area contributed by atoms with E-state index in [-0.39, 0.29) is 18.6 Å². The van der Waals surface area contributed by atoms with Gasteiger partial charge in [-0.3, -0.25) is 9.52 Å². The Morgan fingerprint density at radius 2 is 1.67 bits per heavy atom. The Hall–Kier alpha value is -3.54. The number of ether oxygens (including phenoxy) is 2. The first kappa shape index (κ1) is 37.3. The molecule has 0 spiro atoms. The van der Waals surface area contributed by atoms with Gasteiger partial charge in [0.25, 0.3) is 0 Å². The summed E-state index contributed by atoms with van der Waals surface area (Å²) >= 11 is 0. The zero-order valence-electron chi connectivity index (χ0n) is 29.2. The van der Waals surface area contributed by atoms with Crippen molar-refractivity contribution >= 4 is 35.6 Å². The number of nitrogens with two attached hydrogens (primary N) is 1. The van der Waals surface area contributed by atoms with Crippen LogP contribution in [0.5, 0.6) is 11.5 Å². The minimum atomic E-state index is -3.61. The molecule has 1 unspecified atom stereocenters. The monoisotopic (exact) mass is 695 g/mol. The van der Waals surface area contributed by atoms with Crippen molar-refractivity contribution in [3.05, 3.63) is 83.4 Å². The predicted octanol–water partition coefficient (Wildman–Crippen LogP) is 7.58. The first-order valence-electron chi connectivity index (χ1n) is 17.2. The van der Waals surface area contributed by atoms with E-state index < -0.39 is 24.2 Å². The molecule has 0 saturated heterocycles. The highest BCUT2D eigenvalue weighted by Crippen LogP contribution is 2.39. The van der Waals surface area contributed by atoms with E-state index in [0.29, 0.717) is 30.3 Å². The van der Waals surface area contributed by atoms with Gasteiger partial charge >= 0.3 is 0 Å². The molecule has 9 nitrogen and oxygen atoms in total. The molecule has 0 bridgehead atoms. The highest BCUT2D eigenvalue weighted by Gasteiger charge is 2.35. The molecule has 3 N–H and O–H groups in total. The molecule has 0 aromatic heterocycles. The lowest BCUT2D eigenvalue weighted by Crippen LogP contribution is -2.44. The van der Waals surface area contributed by atoms with Crippen LogP contribution in [0.25, 0.3) is 0 Å². The first-order chi connectivity index (χ1) is 23.0. The molecule has 1 aliphatic carbocycles. The van der Waals surface area contributed by atoms with Crippen molar-refractivity contribution in [1.82, 2.24) is 0 Å². The van der Waals surface area contributed by atoms with Crippen molar-refractivity contribution in [2.75, 3.05) is 29.5 Å². The number of sulfonamides is 1. The molecule has 11 heteroatoms. The molecule has 1 fully saturated rings. The Labute approximate surface area is 288 Å². The Balaban J connectivity index is 1.82. The molecular weight excluding hydrogens is 643 g/mol. The van der Waals surface area contributed by atoms with E-state index >= 15 is 0 Å². The average molecular weight is 696 g/mol. The maximum absolute atomic E-state index is 12.6. The second-order valence-corrected chi connectivity index (χ2v) is 19.3. The van der Waals surface area contributed by atoms with Gasteiger partial charge in [-0.25, -0.2) is 8.42 Å². The van der Waals surface area contributed by atoms with Crippen LogP contribution in [0.4, 0.5) is 11.4 Å². The number of methoxy groups -OCH3 is 1. The number of carbonyl (C=O) groups is 1. The Morgan fingerprint density at radius 3 is 2.27 bits per heavy atom. The van der Waals surface area contributed by atoms with Crippen molar-refractivity contribution in [2.24, 2.45) is 5.73 Å². The van der Waals surface area contributed by atoms with Gasteiger partial charge in [0.1, 0.15) is 18.1 Å². The molecule has 1 aliphatic rings. The fourth-order valence-electron chi connectivity index (χ4n) is 6.71. The molecule has 48 heavy (non-hydrogen) atoms. The van der Waals surface area contributed by atoms with Crippen LogP contribution in [0, 0.1) is 0 Å². The molecule has 0 radical (unpaired) electrons. The quantitative estimate of drug-likeness (QED) is 0.132. The van der Waals surface area contributed by atoms with Crippen molar-refractivity contribution in [3.63, 3.8) is 0 Å². The lowest BCUT2D eigenvalue weighted by atomic mass is 9.92. The van der Waals surface area contributed by atoms with Crippen LogP contribution >= 0.6 is 0 Å². The van der Waals surface area contributed by atoms with E-state index in [9.17, 15) is 13.2 Å². The molecule has 0 aliphatic heterocycles. The summed E-state index contributed by atoms with van der Waals surface area (Å²) in [6, 6.07) is 24.5. The number of rotatable bonds is 18. The van der Waals surface area contributed by atoms with Crippen molar-refractivity contribution in [1.29, 1.82) is 0 Å². The fraction of sp³-hybridized carbons (Fsp3) is 0.486. The smallest absolute Gasteiger partial charge is 0.229 e. The highest BCUT2D eigenvalue weighted by molar-refractivity contribution is 7.92. The SMILES string of the molecule is CC[Si](CC)(CC)OC(CN(c1ccc(OC)cc1CC(N)=O)C1CCCCC1)c1ccc(OCc2ccccc2)c(NS(C)(=O)=O)c1. The summed E-state index contributed by atoms with van der Waals surface area (Å²) in [5.74, 6) is 0.709. The maximum atomic E-state index is 12.6. The maximum Gasteiger partial charge on any atom is 0.229 e. The minimum absolute atomic E-state index is 0.0920. The second kappa shape index (κ2) is 17.2. The van der Waals surface area contributed by atoms with Crippen LogP contribution in [0.1, 0.15) is 75.7 Å². The van der Waals surface area contributed by atoms with Crippen molar-refractivity contribution < 1.29 is 27.1 Å². The zero-order valence-corrected chi connectivity index (χ0v) is 31.0. The van der Waals surface area contributed by atoms with Crippen LogP contribution < -0.4 is 24.8 Å². The number of carbonyl (C=O) groups excluding carboxylic acids is 1. The van der Waals surface area contributed by atoms with E-state index in [1.54, 1.807) is 7.11 Å². The predicted molar refractivity (Wildman–Crippen MR) is 197 cm³/mol. The number of hydrogen-bond acceptors (Lipinski definition) is 7. The molecule has 4 rings (SSSR count). The second-order valence-electron chi connectivity index (χ2n) is 12.8. The van der Waals surface area contributed by atoms with Crippen LogP contribution in [-0.2, 0) is 32.3 Å².